The summed E-state index contributed by atoms with van der Waals surface area (Å²) in [6.07, 6.45) is 0. The zero-order valence-electron chi connectivity index (χ0n) is 19.5. The van der Waals surface area contributed by atoms with E-state index in [0.717, 1.165) is 30.0 Å². The van der Waals surface area contributed by atoms with Gasteiger partial charge in [-0.15, -0.1) is 12.4 Å². The Morgan fingerprint density at radius 3 is 2.31 bits per heavy atom. The summed E-state index contributed by atoms with van der Waals surface area (Å²) in [5.74, 6) is 1.21. The summed E-state index contributed by atoms with van der Waals surface area (Å²) >= 11 is 1.43. The average Bonchev–Trinajstić information content (AvgIpc) is 3.39. The fourth-order valence-electron chi connectivity index (χ4n) is 3.53. The van der Waals surface area contributed by atoms with Gasteiger partial charge in [0.25, 0.3) is 5.91 Å². The normalized spacial score (nSPS) is 11.0. The van der Waals surface area contributed by atoms with Gasteiger partial charge in [0.1, 0.15) is 21.7 Å². The molecule has 1 aromatic carbocycles. The fourth-order valence-corrected chi connectivity index (χ4v) is 4.63. The predicted molar refractivity (Wildman–Crippen MR) is 132 cm³/mol. The number of benzene rings is 1. The van der Waals surface area contributed by atoms with Crippen molar-refractivity contribution in [1.82, 2.24) is 19.7 Å². The lowest BCUT2D eigenvalue weighted by Gasteiger charge is -2.24. The van der Waals surface area contributed by atoms with Crippen LogP contribution in [0.2, 0.25) is 0 Å². The third-order valence-corrected chi connectivity index (χ3v) is 6.50. The monoisotopic (exact) mass is 481 g/mol. The van der Waals surface area contributed by atoms with E-state index in [2.05, 4.69) is 23.8 Å². The molecule has 8 nitrogen and oxygen atoms in total. The third-order valence-electron chi connectivity index (χ3n) is 5.41. The van der Waals surface area contributed by atoms with Gasteiger partial charge in [0, 0.05) is 25.3 Å². The summed E-state index contributed by atoms with van der Waals surface area (Å²) in [4.78, 5) is 22.3. The minimum Gasteiger partial charge on any atom is -0.495 e. The number of carbonyl (C=O) groups excluding carboxylic acids is 1. The molecule has 0 bridgehead atoms. The zero-order valence-corrected chi connectivity index (χ0v) is 21.2. The molecule has 0 radical (unpaired) electrons. The number of amides is 1. The van der Waals surface area contributed by atoms with Crippen LogP contribution in [0.15, 0.2) is 18.2 Å². The molecule has 3 aromatic rings. The van der Waals surface area contributed by atoms with Gasteiger partial charge >= 0.3 is 0 Å². The average molecular weight is 482 g/mol. The molecular formula is C22H32ClN5O3S. The molecule has 0 saturated carbocycles. The summed E-state index contributed by atoms with van der Waals surface area (Å²) in [7, 11) is 3.24. The standard InChI is InChI=1S/C22H31N5O3S.ClH/c1-7-25(8-2)12-13-26(21(28)16-14-15(4)27(9-3)24-16)22-23-19-17(29-5)10-11-18(30-6)20(19)31-22;/h10-11,14H,7-9,12-13H2,1-6H3;1H. The fraction of sp³-hybridized carbons (Fsp3) is 0.500. The van der Waals surface area contributed by atoms with Crippen LogP contribution in [0, 0.1) is 6.92 Å². The minimum absolute atomic E-state index is 0. The number of ether oxygens (including phenoxy) is 2. The molecule has 3 rings (SSSR count). The van der Waals surface area contributed by atoms with Gasteiger partial charge in [-0.1, -0.05) is 25.2 Å². The van der Waals surface area contributed by atoms with Gasteiger partial charge in [-0.25, -0.2) is 4.98 Å². The molecule has 0 N–H and O–H groups in total. The summed E-state index contributed by atoms with van der Waals surface area (Å²) in [5.41, 5.74) is 2.08. The van der Waals surface area contributed by atoms with E-state index in [4.69, 9.17) is 14.5 Å². The Balaban J connectivity index is 0.00000363. The Morgan fingerprint density at radius 2 is 1.75 bits per heavy atom. The van der Waals surface area contributed by atoms with Crippen LogP contribution in [0.4, 0.5) is 5.13 Å². The number of rotatable bonds is 10. The van der Waals surface area contributed by atoms with Gasteiger partial charge in [-0.2, -0.15) is 5.10 Å². The quantitative estimate of drug-likeness (QED) is 0.431. The van der Waals surface area contributed by atoms with Crippen LogP contribution >= 0.6 is 23.7 Å². The Kier molecular flexibility index (Phi) is 9.30. The number of fused-ring (bicyclic) bond motifs is 1. The van der Waals surface area contributed by atoms with Crippen LogP contribution in [0.3, 0.4) is 0 Å². The molecule has 0 aliphatic heterocycles. The molecule has 0 atom stereocenters. The number of aryl methyl sites for hydroxylation is 2. The first-order valence-electron chi connectivity index (χ1n) is 10.6. The lowest BCUT2D eigenvalue weighted by Crippen LogP contribution is -2.39. The Hall–Kier alpha value is -2.36. The van der Waals surface area contributed by atoms with Crippen molar-refractivity contribution in [3.05, 3.63) is 29.6 Å². The molecule has 2 aromatic heterocycles. The summed E-state index contributed by atoms with van der Waals surface area (Å²) in [6.45, 7) is 12.0. The van der Waals surface area contributed by atoms with Crippen molar-refractivity contribution < 1.29 is 14.3 Å². The van der Waals surface area contributed by atoms with E-state index in [9.17, 15) is 4.79 Å². The molecule has 0 saturated heterocycles. The number of hydrogen-bond donors (Lipinski definition) is 0. The molecule has 1 amide bonds. The number of aromatic nitrogens is 3. The highest BCUT2D eigenvalue weighted by atomic mass is 35.5. The van der Waals surface area contributed by atoms with Crippen LogP contribution in [0.25, 0.3) is 10.2 Å². The maximum atomic E-state index is 13.5. The van der Waals surface area contributed by atoms with Gasteiger partial charge in [0.15, 0.2) is 10.8 Å². The van der Waals surface area contributed by atoms with E-state index in [0.29, 0.717) is 40.9 Å². The zero-order chi connectivity index (χ0) is 22.5. The number of carbonyl (C=O) groups is 1. The number of nitrogens with zero attached hydrogens (tertiary/aromatic N) is 5. The van der Waals surface area contributed by atoms with Crippen LogP contribution in [-0.4, -0.2) is 66.0 Å². The van der Waals surface area contributed by atoms with E-state index in [1.165, 1.54) is 11.3 Å². The van der Waals surface area contributed by atoms with E-state index in [1.807, 2.05) is 36.7 Å². The first kappa shape index (κ1) is 25.9. The smallest absolute Gasteiger partial charge is 0.280 e. The van der Waals surface area contributed by atoms with Gasteiger partial charge in [0.2, 0.25) is 0 Å². The molecular weight excluding hydrogens is 450 g/mol. The highest BCUT2D eigenvalue weighted by Gasteiger charge is 2.26. The second-order valence-corrected chi connectivity index (χ2v) is 8.09. The highest BCUT2D eigenvalue weighted by Crippen LogP contribution is 2.40. The first-order chi connectivity index (χ1) is 15.0. The van der Waals surface area contributed by atoms with Gasteiger partial charge in [0.05, 0.1) is 14.2 Å². The number of anilines is 1. The second kappa shape index (κ2) is 11.5. The molecule has 176 valence electrons. The Morgan fingerprint density at radius 1 is 1.09 bits per heavy atom. The van der Waals surface area contributed by atoms with Crippen molar-refractivity contribution in [3.63, 3.8) is 0 Å². The molecule has 0 fully saturated rings. The van der Waals surface area contributed by atoms with E-state index >= 15 is 0 Å². The van der Waals surface area contributed by atoms with Crippen molar-refractivity contribution in [1.29, 1.82) is 0 Å². The second-order valence-electron chi connectivity index (χ2n) is 7.11. The molecule has 2 heterocycles. The molecule has 0 spiro atoms. The number of hydrogen-bond acceptors (Lipinski definition) is 7. The van der Waals surface area contributed by atoms with E-state index < -0.39 is 0 Å². The number of thiazole rings is 1. The van der Waals surface area contributed by atoms with Gasteiger partial charge in [-0.3, -0.25) is 14.4 Å². The third kappa shape index (κ3) is 5.16. The van der Waals surface area contributed by atoms with Crippen molar-refractivity contribution >= 4 is 45.0 Å². The van der Waals surface area contributed by atoms with Crippen LogP contribution in [0.1, 0.15) is 37.0 Å². The van der Waals surface area contributed by atoms with Crippen LogP contribution in [-0.2, 0) is 6.54 Å². The largest absolute Gasteiger partial charge is 0.495 e. The number of halogens is 1. The Bertz CT molecular complexity index is 1010. The lowest BCUT2D eigenvalue weighted by atomic mass is 10.3. The van der Waals surface area contributed by atoms with Crippen molar-refractivity contribution in [2.75, 3.05) is 45.3 Å². The Labute approximate surface area is 199 Å². The van der Waals surface area contributed by atoms with Crippen LogP contribution in [0.5, 0.6) is 11.5 Å². The van der Waals surface area contributed by atoms with Crippen molar-refractivity contribution in [2.24, 2.45) is 0 Å². The first-order valence-corrected chi connectivity index (χ1v) is 11.4. The number of methoxy groups -OCH3 is 2. The lowest BCUT2D eigenvalue weighted by molar-refractivity contribution is 0.0978. The predicted octanol–water partition coefficient (Wildman–Crippen LogP) is 4.25. The van der Waals surface area contributed by atoms with Crippen molar-refractivity contribution in [2.45, 2.75) is 34.2 Å². The summed E-state index contributed by atoms with van der Waals surface area (Å²) < 4.78 is 13.7. The van der Waals surface area contributed by atoms with Gasteiger partial charge < -0.3 is 14.4 Å². The SMILES string of the molecule is CCN(CC)CCN(C(=O)c1cc(C)n(CC)n1)c1nc2c(OC)ccc(OC)c2s1.Cl. The van der Waals surface area contributed by atoms with Gasteiger partial charge in [-0.05, 0) is 45.1 Å². The van der Waals surface area contributed by atoms with Crippen molar-refractivity contribution in [3.8, 4) is 11.5 Å². The number of likely N-dealkylation sites (N-methyl/N-ethyl adjacent to an activating group) is 1. The minimum atomic E-state index is -0.153. The molecule has 0 unspecified atom stereocenters. The molecule has 32 heavy (non-hydrogen) atoms. The molecule has 10 heteroatoms. The maximum absolute atomic E-state index is 13.5. The highest BCUT2D eigenvalue weighted by molar-refractivity contribution is 7.22. The maximum Gasteiger partial charge on any atom is 0.280 e. The van der Waals surface area contributed by atoms with E-state index in [-0.39, 0.29) is 18.3 Å². The topological polar surface area (TPSA) is 72.7 Å². The van der Waals surface area contributed by atoms with E-state index in [1.54, 1.807) is 19.1 Å². The molecule has 0 aliphatic rings. The summed E-state index contributed by atoms with van der Waals surface area (Å²) in [6, 6.07) is 5.53. The van der Waals surface area contributed by atoms with Crippen LogP contribution < -0.4 is 14.4 Å². The molecule has 0 aliphatic carbocycles. The summed E-state index contributed by atoms with van der Waals surface area (Å²) in [5, 5.41) is 5.11.